The molecule has 0 atom stereocenters. The van der Waals surface area contributed by atoms with Crippen LogP contribution in [0, 0.1) is 0 Å². The molecule has 0 aliphatic heterocycles. The number of hydrogen-bond donors (Lipinski definition) is 2. The number of carbonyl (C=O) groups is 2. The van der Waals surface area contributed by atoms with Crippen molar-refractivity contribution in [2.45, 2.75) is 11.4 Å². The number of primary amides is 1. The number of rotatable bonds is 10. The molecular formula is C20H25N3O7S. The maximum atomic E-state index is 12.6. The van der Waals surface area contributed by atoms with Gasteiger partial charge >= 0.3 is 0 Å². The van der Waals surface area contributed by atoms with E-state index in [1.807, 2.05) is 0 Å². The summed E-state index contributed by atoms with van der Waals surface area (Å²) in [6.07, 6.45) is 0. The topological polar surface area (TPSA) is 137 Å². The van der Waals surface area contributed by atoms with Crippen molar-refractivity contribution in [3.8, 4) is 17.2 Å². The predicted octanol–water partition coefficient (Wildman–Crippen LogP) is 0.748. The van der Waals surface area contributed by atoms with Crippen molar-refractivity contribution in [2.24, 2.45) is 5.73 Å². The fraction of sp³-hybridized carbons (Fsp3) is 0.300. The minimum absolute atomic E-state index is 0.106. The molecule has 0 aliphatic rings. The van der Waals surface area contributed by atoms with E-state index < -0.39 is 21.8 Å². The number of methoxy groups -OCH3 is 2. The van der Waals surface area contributed by atoms with Gasteiger partial charge in [0.1, 0.15) is 10.6 Å². The highest BCUT2D eigenvalue weighted by Gasteiger charge is 2.24. The lowest BCUT2D eigenvalue weighted by molar-refractivity contribution is -0.119. The van der Waals surface area contributed by atoms with Crippen LogP contribution in [0.1, 0.15) is 15.9 Å². The van der Waals surface area contributed by atoms with Crippen LogP contribution in [0.5, 0.6) is 17.2 Å². The Morgan fingerprint density at radius 1 is 1.00 bits per heavy atom. The van der Waals surface area contributed by atoms with Crippen molar-refractivity contribution in [3.63, 3.8) is 0 Å². The van der Waals surface area contributed by atoms with E-state index in [9.17, 15) is 18.0 Å². The molecule has 2 rings (SSSR count). The first-order valence-electron chi connectivity index (χ1n) is 9.07. The summed E-state index contributed by atoms with van der Waals surface area (Å²) in [5.74, 6) is -0.233. The molecule has 0 aromatic heterocycles. The molecule has 0 aliphatic carbocycles. The van der Waals surface area contributed by atoms with E-state index in [0.29, 0.717) is 17.1 Å². The van der Waals surface area contributed by atoms with Gasteiger partial charge in [0.05, 0.1) is 14.2 Å². The summed E-state index contributed by atoms with van der Waals surface area (Å²) in [5.41, 5.74) is 5.93. The predicted molar refractivity (Wildman–Crippen MR) is 113 cm³/mol. The Kier molecular flexibility index (Phi) is 7.83. The lowest BCUT2D eigenvalue weighted by Gasteiger charge is -2.15. The van der Waals surface area contributed by atoms with Gasteiger partial charge in [0.25, 0.3) is 11.8 Å². The average Bonchev–Trinajstić information content (AvgIpc) is 2.75. The fourth-order valence-corrected chi connectivity index (χ4v) is 3.67. The number of nitrogens with one attached hydrogen (secondary N) is 1. The number of hydrogen-bond acceptors (Lipinski definition) is 7. The van der Waals surface area contributed by atoms with E-state index in [1.54, 1.807) is 18.2 Å². The largest absolute Gasteiger partial charge is 0.495 e. The second-order valence-electron chi connectivity index (χ2n) is 6.58. The summed E-state index contributed by atoms with van der Waals surface area (Å²) in [6.45, 7) is -0.144. The first-order chi connectivity index (χ1) is 14.6. The fourth-order valence-electron chi connectivity index (χ4n) is 2.59. The number of ether oxygens (including phenoxy) is 3. The van der Waals surface area contributed by atoms with Crippen LogP contribution in [0.4, 0.5) is 0 Å². The molecule has 2 aromatic carbocycles. The summed E-state index contributed by atoms with van der Waals surface area (Å²) in [5, 5.41) is 2.72. The van der Waals surface area contributed by atoms with Gasteiger partial charge in [-0.05, 0) is 35.9 Å². The van der Waals surface area contributed by atoms with E-state index >= 15 is 0 Å². The number of amides is 2. The molecule has 10 nitrogen and oxygen atoms in total. The van der Waals surface area contributed by atoms with Gasteiger partial charge in [-0.15, -0.1) is 0 Å². The summed E-state index contributed by atoms with van der Waals surface area (Å²) in [7, 11) is 1.78. The quantitative estimate of drug-likeness (QED) is 0.544. The Balaban J connectivity index is 2.18. The number of benzene rings is 2. The molecule has 0 spiro atoms. The van der Waals surface area contributed by atoms with Crippen LogP contribution in [0.2, 0.25) is 0 Å². The Hall–Kier alpha value is -3.31. The van der Waals surface area contributed by atoms with Crippen LogP contribution >= 0.6 is 0 Å². The molecule has 2 amide bonds. The molecule has 0 radical (unpaired) electrons. The van der Waals surface area contributed by atoms with Gasteiger partial charge in [0, 0.05) is 26.2 Å². The molecule has 3 N–H and O–H groups in total. The summed E-state index contributed by atoms with van der Waals surface area (Å²) < 4.78 is 41.7. The smallest absolute Gasteiger partial charge is 0.255 e. The zero-order valence-electron chi connectivity index (χ0n) is 17.7. The Bertz CT molecular complexity index is 1070. The lowest BCUT2D eigenvalue weighted by atomic mass is 10.1. The van der Waals surface area contributed by atoms with Crippen molar-refractivity contribution >= 4 is 21.8 Å². The Morgan fingerprint density at radius 3 is 2.23 bits per heavy atom. The van der Waals surface area contributed by atoms with Crippen molar-refractivity contribution in [3.05, 3.63) is 47.5 Å². The number of nitrogens with two attached hydrogens (primary N) is 1. The van der Waals surface area contributed by atoms with Crippen molar-refractivity contribution in [1.82, 2.24) is 9.62 Å². The van der Waals surface area contributed by atoms with Crippen LogP contribution in [-0.2, 0) is 21.4 Å². The molecule has 11 heteroatoms. The summed E-state index contributed by atoms with van der Waals surface area (Å²) in [4.78, 5) is 23.4. The van der Waals surface area contributed by atoms with Crippen LogP contribution in [-0.4, -0.2) is 59.5 Å². The average molecular weight is 452 g/mol. The lowest BCUT2D eigenvalue weighted by Crippen LogP contribution is -2.25. The molecule has 0 saturated carbocycles. The van der Waals surface area contributed by atoms with Crippen LogP contribution in [0.3, 0.4) is 0 Å². The maximum absolute atomic E-state index is 12.6. The molecule has 0 bridgehead atoms. The molecular weight excluding hydrogens is 426 g/mol. The first-order valence-corrected chi connectivity index (χ1v) is 10.5. The highest BCUT2D eigenvalue weighted by molar-refractivity contribution is 7.89. The number of sulfonamides is 1. The third-order valence-corrected chi connectivity index (χ3v) is 6.07. The molecule has 0 heterocycles. The second-order valence-corrected chi connectivity index (χ2v) is 8.70. The highest BCUT2D eigenvalue weighted by atomic mass is 32.2. The third kappa shape index (κ3) is 5.86. The van der Waals surface area contributed by atoms with Crippen LogP contribution < -0.4 is 25.3 Å². The van der Waals surface area contributed by atoms with E-state index in [1.165, 1.54) is 46.5 Å². The monoisotopic (exact) mass is 451 g/mol. The normalized spacial score (nSPS) is 11.1. The van der Waals surface area contributed by atoms with Gasteiger partial charge in [-0.3, -0.25) is 9.59 Å². The minimum Gasteiger partial charge on any atom is -0.495 e. The molecule has 0 fully saturated rings. The summed E-state index contributed by atoms with van der Waals surface area (Å²) >= 11 is 0. The zero-order valence-corrected chi connectivity index (χ0v) is 18.5. The third-order valence-electron chi connectivity index (χ3n) is 4.24. The van der Waals surface area contributed by atoms with Gasteiger partial charge in [0.2, 0.25) is 10.0 Å². The van der Waals surface area contributed by atoms with Gasteiger partial charge in [-0.2, -0.15) is 0 Å². The maximum Gasteiger partial charge on any atom is 0.255 e. The number of carbonyl (C=O) groups excluding carboxylic acids is 2. The first kappa shape index (κ1) is 24.0. The van der Waals surface area contributed by atoms with Crippen LogP contribution in [0.15, 0.2) is 41.3 Å². The van der Waals surface area contributed by atoms with Crippen molar-refractivity contribution < 1.29 is 32.2 Å². The van der Waals surface area contributed by atoms with Gasteiger partial charge < -0.3 is 25.3 Å². The standard InChI is InChI=1S/C20H25N3O7S/c1-23(2)31(26,27)18-10-14(6-8-16(18)28-3)20(25)22-11-13-5-7-15(17(9-13)29-4)30-12-19(21)24/h5-10H,11-12H2,1-4H3,(H2,21,24)(H,22,25). The Labute approximate surface area is 180 Å². The second kappa shape index (κ2) is 10.1. The van der Waals surface area contributed by atoms with E-state index in [4.69, 9.17) is 19.9 Å². The van der Waals surface area contributed by atoms with Crippen molar-refractivity contribution in [1.29, 1.82) is 0 Å². The van der Waals surface area contributed by atoms with Crippen LogP contribution in [0.25, 0.3) is 0 Å². The molecule has 31 heavy (non-hydrogen) atoms. The molecule has 2 aromatic rings. The van der Waals surface area contributed by atoms with Crippen molar-refractivity contribution in [2.75, 3.05) is 34.9 Å². The number of nitrogens with zero attached hydrogens (tertiary/aromatic N) is 1. The minimum atomic E-state index is -3.80. The highest BCUT2D eigenvalue weighted by Crippen LogP contribution is 2.29. The molecule has 0 saturated heterocycles. The Morgan fingerprint density at radius 2 is 1.65 bits per heavy atom. The van der Waals surface area contributed by atoms with E-state index in [-0.39, 0.29) is 29.4 Å². The molecule has 0 unspecified atom stereocenters. The van der Waals surface area contributed by atoms with Gasteiger partial charge in [0.15, 0.2) is 18.1 Å². The summed E-state index contributed by atoms with van der Waals surface area (Å²) in [6, 6.07) is 9.11. The van der Waals surface area contributed by atoms with Gasteiger partial charge in [-0.1, -0.05) is 6.07 Å². The zero-order chi connectivity index (χ0) is 23.2. The van der Waals surface area contributed by atoms with Gasteiger partial charge in [-0.25, -0.2) is 12.7 Å². The van der Waals surface area contributed by atoms with E-state index in [2.05, 4.69) is 5.32 Å². The SMILES string of the molecule is COc1cc(CNC(=O)c2ccc(OC)c(S(=O)(=O)N(C)C)c2)ccc1OCC(N)=O. The molecule has 168 valence electrons. The van der Waals surface area contributed by atoms with E-state index in [0.717, 1.165) is 4.31 Å².